The summed E-state index contributed by atoms with van der Waals surface area (Å²) in [7, 11) is 0. The zero-order valence-electron chi connectivity index (χ0n) is 15.1. The number of thiazole rings is 1. The minimum Gasteiger partial charge on any atom is -0.482 e. The smallest absolute Gasteiger partial charge is 0.262 e. The lowest BCUT2D eigenvalue weighted by Crippen LogP contribution is -2.36. The van der Waals surface area contributed by atoms with Crippen LogP contribution in [-0.4, -0.2) is 43.8 Å². The standard InChI is InChI=1S/C20H18N4O3S/c21-12-14-3-1-2-4-17(14)27-13-19(25)22-15-5-6-16-18(11-15)28-20(23-16)24-7-9-26-10-8-24/h1-6,11H,7-10,13H2,(H,22,25). The van der Waals surface area contributed by atoms with E-state index in [1.165, 1.54) is 0 Å². The fourth-order valence-corrected chi connectivity index (χ4v) is 3.96. The average Bonchev–Trinajstić information content (AvgIpc) is 3.16. The van der Waals surface area contributed by atoms with Crippen molar-refractivity contribution >= 4 is 38.3 Å². The maximum Gasteiger partial charge on any atom is 0.262 e. The third-order valence-corrected chi connectivity index (χ3v) is 5.39. The van der Waals surface area contributed by atoms with Crippen LogP contribution in [0.3, 0.4) is 0 Å². The Hall–Kier alpha value is -3.15. The third kappa shape index (κ3) is 4.06. The molecule has 2 aromatic carbocycles. The van der Waals surface area contributed by atoms with Crippen LogP contribution < -0.4 is 15.0 Å². The highest BCUT2D eigenvalue weighted by Crippen LogP contribution is 2.31. The van der Waals surface area contributed by atoms with Crippen molar-refractivity contribution in [3.05, 3.63) is 48.0 Å². The number of nitriles is 1. The third-order valence-electron chi connectivity index (χ3n) is 4.31. The van der Waals surface area contributed by atoms with Crippen molar-refractivity contribution in [2.75, 3.05) is 43.1 Å². The number of amides is 1. The van der Waals surface area contributed by atoms with E-state index < -0.39 is 0 Å². The quantitative estimate of drug-likeness (QED) is 0.716. The van der Waals surface area contributed by atoms with Crippen LogP contribution in [0.15, 0.2) is 42.5 Å². The lowest BCUT2D eigenvalue weighted by Gasteiger charge is -2.25. The number of aromatic nitrogens is 1. The zero-order chi connectivity index (χ0) is 19.3. The van der Waals surface area contributed by atoms with Crippen molar-refractivity contribution in [1.29, 1.82) is 5.26 Å². The first-order valence-corrected chi connectivity index (χ1v) is 9.69. The molecular formula is C20H18N4O3S. The molecule has 0 spiro atoms. The molecule has 7 nitrogen and oxygen atoms in total. The molecule has 0 saturated carbocycles. The van der Waals surface area contributed by atoms with Gasteiger partial charge in [-0.3, -0.25) is 4.79 Å². The van der Waals surface area contributed by atoms with Gasteiger partial charge in [-0.05, 0) is 30.3 Å². The van der Waals surface area contributed by atoms with Crippen molar-refractivity contribution in [2.45, 2.75) is 0 Å². The van der Waals surface area contributed by atoms with Crippen LogP contribution in [0.2, 0.25) is 0 Å². The lowest BCUT2D eigenvalue weighted by atomic mass is 10.2. The molecule has 1 N–H and O–H groups in total. The van der Waals surface area contributed by atoms with E-state index in [0.29, 0.717) is 30.2 Å². The number of nitrogens with zero attached hydrogens (tertiary/aromatic N) is 3. The Bertz CT molecular complexity index is 1040. The van der Waals surface area contributed by atoms with E-state index in [1.54, 1.807) is 35.6 Å². The Morgan fingerprint density at radius 3 is 2.93 bits per heavy atom. The van der Waals surface area contributed by atoms with E-state index in [4.69, 9.17) is 14.7 Å². The van der Waals surface area contributed by atoms with Gasteiger partial charge in [0, 0.05) is 18.8 Å². The van der Waals surface area contributed by atoms with Crippen LogP contribution in [0, 0.1) is 11.3 Å². The predicted octanol–water partition coefficient (Wildman–Crippen LogP) is 3.02. The maximum atomic E-state index is 12.2. The Morgan fingerprint density at radius 1 is 1.29 bits per heavy atom. The van der Waals surface area contributed by atoms with Gasteiger partial charge < -0.3 is 19.7 Å². The van der Waals surface area contributed by atoms with E-state index in [1.807, 2.05) is 24.3 Å². The van der Waals surface area contributed by atoms with Gasteiger partial charge in [-0.15, -0.1) is 0 Å². The summed E-state index contributed by atoms with van der Waals surface area (Å²) in [5.74, 6) is 0.109. The largest absolute Gasteiger partial charge is 0.482 e. The molecule has 1 aliphatic rings. The van der Waals surface area contributed by atoms with E-state index in [9.17, 15) is 4.79 Å². The van der Waals surface area contributed by atoms with Crippen molar-refractivity contribution in [1.82, 2.24) is 4.98 Å². The number of nitrogens with one attached hydrogen (secondary N) is 1. The van der Waals surface area contributed by atoms with Gasteiger partial charge in [-0.2, -0.15) is 5.26 Å². The monoisotopic (exact) mass is 394 g/mol. The van der Waals surface area contributed by atoms with Crippen LogP contribution in [0.5, 0.6) is 5.75 Å². The number of fused-ring (bicyclic) bond motifs is 1. The molecule has 1 aromatic heterocycles. The number of benzene rings is 2. The molecule has 0 aliphatic carbocycles. The van der Waals surface area contributed by atoms with Gasteiger partial charge in [0.25, 0.3) is 5.91 Å². The van der Waals surface area contributed by atoms with Gasteiger partial charge in [0.2, 0.25) is 0 Å². The Morgan fingerprint density at radius 2 is 2.11 bits per heavy atom. The van der Waals surface area contributed by atoms with Crippen LogP contribution in [0.4, 0.5) is 10.8 Å². The zero-order valence-corrected chi connectivity index (χ0v) is 15.9. The maximum absolute atomic E-state index is 12.2. The summed E-state index contributed by atoms with van der Waals surface area (Å²) in [6, 6.07) is 14.5. The molecule has 2 heterocycles. The van der Waals surface area contributed by atoms with Gasteiger partial charge in [-0.25, -0.2) is 4.98 Å². The molecular weight excluding hydrogens is 376 g/mol. The Kier molecular flexibility index (Phi) is 5.37. The number of rotatable bonds is 5. The predicted molar refractivity (Wildman–Crippen MR) is 108 cm³/mol. The minimum absolute atomic E-state index is 0.168. The molecule has 28 heavy (non-hydrogen) atoms. The van der Waals surface area contributed by atoms with Crippen molar-refractivity contribution in [2.24, 2.45) is 0 Å². The molecule has 0 atom stereocenters. The summed E-state index contributed by atoms with van der Waals surface area (Å²) in [5.41, 5.74) is 1.99. The van der Waals surface area contributed by atoms with Gasteiger partial charge in [0.15, 0.2) is 11.7 Å². The highest BCUT2D eigenvalue weighted by atomic mass is 32.1. The molecule has 1 saturated heterocycles. The van der Waals surface area contributed by atoms with Gasteiger partial charge in [-0.1, -0.05) is 23.5 Å². The number of carbonyl (C=O) groups excluding carboxylic acids is 1. The first-order valence-electron chi connectivity index (χ1n) is 8.88. The molecule has 3 aromatic rings. The summed E-state index contributed by atoms with van der Waals surface area (Å²) in [5, 5.41) is 12.9. The van der Waals surface area contributed by atoms with Crippen LogP contribution >= 0.6 is 11.3 Å². The van der Waals surface area contributed by atoms with Gasteiger partial charge in [0.05, 0.1) is 29.0 Å². The van der Waals surface area contributed by atoms with E-state index in [2.05, 4.69) is 15.2 Å². The number of hydrogen-bond acceptors (Lipinski definition) is 7. The van der Waals surface area contributed by atoms with E-state index in [0.717, 1.165) is 28.4 Å². The summed E-state index contributed by atoms with van der Waals surface area (Å²) >= 11 is 1.60. The SMILES string of the molecule is N#Cc1ccccc1OCC(=O)Nc1ccc2nc(N3CCOCC3)sc2c1. The average molecular weight is 394 g/mol. The summed E-state index contributed by atoms with van der Waals surface area (Å²) in [6.07, 6.45) is 0. The Labute approximate surface area is 166 Å². The van der Waals surface area contributed by atoms with E-state index in [-0.39, 0.29) is 12.5 Å². The van der Waals surface area contributed by atoms with Crippen molar-refractivity contribution < 1.29 is 14.3 Å². The number of morpholine rings is 1. The van der Waals surface area contributed by atoms with Crippen LogP contribution in [0.1, 0.15) is 5.56 Å². The van der Waals surface area contributed by atoms with Gasteiger partial charge >= 0.3 is 0 Å². The first-order chi connectivity index (χ1) is 13.7. The normalized spacial score (nSPS) is 13.9. The number of carbonyl (C=O) groups is 1. The molecule has 0 bridgehead atoms. The number of hydrogen-bond donors (Lipinski definition) is 1. The molecule has 4 rings (SSSR count). The fourth-order valence-electron chi connectivity index (χ4n) is 2.91. The summed E-state index contributed by atoms with van der Waals surface area (Å²) in [6.45, 7) is 2.94. The highest BCUT2D eigenvalue weighted by Gasteiger charge is 2.16. The molecule has 0 unspecified atom stereocenters. The number of anilines is 2. The molecule has 142 valence electrons. The van der Waals surface area contributed by atoms with Crippen LogP contribution in [0.25, 0.3) is 10.2 Å². The van der Waals surface area contributed by atoms with Crippen LogP contribution in [-0.2, 0) is 9.53 Å². The molecule has 8 heteroatoms. The topological polar surface area (TPSA) is 87.5 Å². The second kappa shape index (κ2) is 8.25. The minimum atomic E-state index is -0.287. The lowest BCUT2D eigenvalue weighted by molar-refractivity contribution is -0.118. The summed E-state index contributed by atoms with van der Waals surface area (Å²) < 4.78 is 11.9. The fraction of sp³-hybridized carbons (Fsp3) is 0.250. The molecule has 1 amide bonds. The number of ether oxygens (including phenoxy) is 2. The van der Waals surface area contributed by atoms with Crippen molar-refractivity contribution in [3.8, 4) is 11.8 Å². The molecule has 0 radical (unpaired) electrons. The van der Waals surface area contributed by atoms with Gasteiger partial charge in [0.1, 0.15) is 11.8 Å². The summed E-state index contributed by atoms with van der Waals surface area (Å²) in [4.78, 5) is 19.1. The van der Waals surface area contributed by atoms with E-state index >= 15 is 0 Å². The molecule has 1 aliphatic heterocycles. The second-order valence-electron chi connectivity index (χ2n) is 6.22. The number of para-hydroxylation sites is 1. The highest BCUT2D eigenvalue weighted by molar-refractivity contribution is 7.22. The Balaban J connectivity index is 1.41. The second-order valence-corrected chi connectivity index (χ2v) is 7.23. The van der Waals surface area contributed by atoms with Crippen molar-refractivity contribution in [3.63, 3.8) is 0 Å². The first kappa shape index (κ1) is 18.2. The molecule has 1 fully saturated rings.